The second kappa shape index (κ2) is 4.82. The Balaban J connectivity index is 2.08. The minimum Gasteiger partial charge on any atom is -0.397 e. The number of hydrogen-bond acceptors (Lipinski definition) is 3. The molecule has 1 unspecified atom stereocenters. The molecule has 0 saturated carbocycles. The zero-order chi connectivity index (χ0) is 12.3. The van der Waals surface area contributed by atoms with E-state index < -0.39 is 0 Å². The van der Waals surface area contributed by atoms with Crippen molar-refractivity contribution >= 4 is 11.5 Å². The van der Waals surface area contributed by atoms with Gasteiger partial charge in [0.1, 0.15) is 11.6 Å². The highest BCUT2D eigenvalue weighted by atomic mass is 19.1. The molecule has 0 aliphatic rings. The molecule has 0 amide bonds. The molecule has 1 aromatic carbocycles. The molecule has 2 aromatic rings. The van der Waals surface area contributed by atoms with Crippen molar-refractivity contribution in [3.05, 3.63) is 54.0 Å². The fourth-order valence-corrected chi connectivity index (χ4v) is 1.55. The normalized spacial score (nSPS) is 12.1. The van der Waals surface area contributed by atoms with Crippen LogP contribution in [0.5, 0.6) is 0 Å². The van der Waals surface area contributed by atoms with Gasteiger partial charge in [0.15, 0.2) is 0 Å². The lowest BCUT2D eigenvalue weighted by atomic mass is 10.1. The summed E-state index contributed by atoms with van der Waals surface area (Å²) in [5, 5.41) is 3.22. The molecule has 0 spiro atoms. The second-order valence-corrected chi connectivity index (χ2v) is 3.89. The van der Waals surface area contributed by atoms with E-state index in [-0.39, 0.29) is 11.9 Å². The van der Waals surface area contributed by atoms with Gasteiger partial charge in [0.2, 0.25) is 0 Å². The molecule has 1 heterocycles. The summed E-state index contributed by atoms with van der Waals surface area (Å²) in [6.45, 7) is 1.99. The molecule has 0 aliphatic carbocycles. The summed E-state index contributed by atoms with van der Waals surface area (Å²) in [7, 11) is 0. The molecule has 0 aliphatic heterocycles. The number of benzene rings is 1. The van der Waals surface area contributed by atoms with Crippen LogP contribution in [0.3, 0.4) is 0 Å². The Morgan fingerprint density at radius 2 is 1.88 bits per heavy atom. The van der Waals surface area contributed by atoms with Gasteiger partial charge in [0.25, 0.3) is 0 Å². The third-order valence-corrected chi connectivity index (χ3v) is 2.52. The van der Waals surface area contributed by atoms with Crippen molar-refractivity contribution in [3.8, 4) is 0 Å². The summed E-state index contributed by atoms with van der Waals surface area (Å²) in [4.78, 5) is 4.15. The van der Waals surface area contributed by atoms with E-state index in [2.05, 4.69) is 10.3 Å². The highest BCUT2D eigenvalue weighted by molar-refractivity contribution is 5.45. The monoisotopic (exact) mass is 231 g/mol. The highest BCUT2D eigenvalue weighted by Gasteiger charge is 2.05. The largest absolute Gasteiger partial charge is 0.397 e. The summed E-state index contributed by atoms with van der Waals surface area (Å²) in [6, 6.07) is 10.1. The molecular formula is C13H14FN3. The van der Waals surface area contributed by atoms with Gasteiger partial charge < -0.3 is 11.1 Å². The molecule has 0 saturated heterocycles. The molecule has 88 valence electrons. The van der Waals surface area contributed by atoms with E-state index >= 15 is 0 Å². The van der Waals surface area contributed by atoms with Gasteiger partial charge in [-0.2, -0.15) is 0 Å². The maximum Gasteiger partial charge on any atom is 0.126 e. The van der Waals surface area contributed by atoms with Crippen molar-refractivity contribution in [2.45, 2.75) is 13.0 Å². The molecule has 0 radical (unpaired) electrons. The van der Waals surface area contributed by atoms with Crippen molar-refractivity contribution in [2.75, 3.05) is 11.1 Å². The van der Waals surface area contributed by atoms with Crippen molar-refractivity contribution in [1.29, 1.82) is 0 Å². The van der Waals surface area contributed by atoms with Gasteiger partial charge >= 0.3 is 0 Å². The highest BCUT2D eigenvalue weighted by Crippen LogP contribution is 2.18. The van der Waals surface area contributed by atoms with E-state index in [1.807, 2.05) is 13.0 Å². The van der Waals surface area contributed by atoms with Crippen LogP contribution in [0.1, 0.15) is 18.5 Å². The second-order valence-electron chi connectivity index (χ2n) is 3.89. The zero-order valence-electron chi connectivity index (χ0n) is 9.52. The van der Waals surface area contributed by atoms with Crippen LogP contribution in [0.2, 0.25) is 0 Å². The number of aromatic nitrogens is 1. The predicted molar refractivity (Wildman–Crippen MR) is 67.1 cm³/mol. The molecule has 2 rings (SSSR count). The van der Waals surface area contributed by atoms with Crippen molar-refractivity contribution in [1.82, 2.24) is 4.98 Å². The van der Waals surface area contributed by atoms with Gasteiger partial charge in [-0.05, 0) is 36.8 Å². The number of nitrogens with zero attached hydrogens (tertiary/aromatic N) is 1. The molecule has 17 heavy (non-hydrogen) atoms. The van der Waals surface area contributed by atoms with Crippen molar-refractivity contribution < 1.29 is 4.39 Å². The number of pyridine rings is 1. The van der Waals surface area contributed by atoms with Crippen LogP contribution in [-0.2, 0) is 0 Å². The van der Waals surface area contributed by atoms with Gasteiger partial charge in [-0.25, -0.2) is 9.37 Å². The van der Waals surface area contributed by atoms with E-state index in [1.165, 1.54) is 12.1 Å². The lowest BCUT2D eigenvalue weighted by molar-refractivity contribution is 0.626. The third kappa shape index (κ3) is 2.93. The number of halogens is 1. The molecule has 0 fully saturated rings. The minimum absolute atomic E-state index is 0.0618. The van der Waals surface area contributed by atoms with Crippen molar-refractivity contribution in [3.63, 3.8) is 0 Å². The Bertz CT molecular complexity index is 479. The summed E-state index contributed by atoms with van der Waals surface area (Å²) in [5.41, 5.74) is 7.19. The van der Waals surface area contributed by atoms with Crippen molar-refractivity contribution in [2.24, 2.45) is 0 Å². The number of hydrogen-bond donors (Lipinski definition) is 2. The van der Waals surface area contributed by atoms with E-state index in [1.54, 1.807) is 24.4 Å². The average molecular weight is 231 g/mol. The molecular weight excluding hydrogens is 217 g/mol. The Morgan fingerprint density at radius 3 is 2.47 bits per heavy atom. The van der Waals surface area contributed by atoms with Crippen LogP contribution in [-0.4, -0.2) is 4.98 Å². The Labute approximate surface area is 99.5 Å². The number of rotatable bonds is 3. The summed E-state index contributed by atoms with van der Waals surface area (Å²) < 4.78 is 12.8. The summed E-state index contributed by atoms with van der Waals surface area (Å²) >= 11 is 0. The maximum atomic E-state index is 12.8. The summed E-state index contributed by atoms with van der Waals surface area (Å²) in [5.74, 6) is 0.516. The molecule has 3 N–H and O–H groups in total. The zero-order valence-corrected chi connectivity index (χ0v) is 9.52. The maximum absolute atomic E-state index is 12.8. The first-order chi connectivity index (χ1) is 8.15. The molecule has 1 atom stereocenters. The number of nitrogens with one attached hydrogen (secondary N) is 1. The van der Waals surface area contributed by atoms with Crippen LogP contribution in [0.25, 0.3) is 0 Å². The van der Waals surface area contributed by atoms with E-state index in [9.17, 15) is 4.39 Å². The number of anilines is 2. The quantitative estimate of drug-likeness (QED) is 0.853. The van der Waals surface area contributed by atoms with Gasteiger partial charge in [-0.1, -0.05) is 12.1 Å². The predicted octanol–water partition coefficient (Wildman–Crippen LogP) is 2.98. The van der Waals surface area contributed by atoms with Crippen LogP contribution in [0.4, 0.5) is 15.9 Å². The smallest absolute Gasteiger partial charge is 0.126 e. The summed E-state index contributed by atoms with van der Waals surface area (Å²) in [6.07, 6.45) is 1.60. The molecule has 1 aromatic heterocycles. The Hall–Kier alpha value is -2.10. The minimum atomic E-state index is -0.230. The Kier molecular flexibility index (Phi) is 3.23. The van der Waals surface area contributed by atoms with E-state index in [4.69, 9.17) is 5.73 Å². The fraction of sp³-hybridized carbons (Fsp3) is 0.154. The van der Waals surface area contributed by atoms with Crippen LogP contribution >= 0.6 is 0 Å². The average Bonchev–Trinajstić information content (AvgIpc) is 2.33. The van der Waals surface area contributed by atoms with Gasteiger partial charge in [-0.15, -0.1) is 0 Å². The third-order valence-electron chi connectivity index (χ3n) is 2.52. The molecule has 4 heteroatoms. The SMILES string of the molecule is CC(Nc1ccc(N)cn1)c1ccc(F)cc1. The van der Waals surface area contributed by atoms with Gasteiger partial charge in [0, 0.05) is 6.04 Å². The molecule has 3 nitrogen and oxygen atoms in total. The first-order valence-corrected chi connectivity index (χ1v) is 5.38. The molecule has 0 bridgehead atoms. The standard InChI is InChI=1S/C13H14FN3/c1-9(10-2-4-11(14)5-3-10)17-13-7-6-12(15)8-16-13/h2-9H,15H2,1H3,(H,16,17). The van der Waals surface area contributed by atoms with E-state index in [0.29, 0.717) is 5.69 Å². The first kappa shape index (κ1) is 11.4. The van der Waals surface area contributed by atoms with E-state index in [0.717, 1.165) is 11.4 Å². The van der Waals surface area contributed by atoms with Gasteiger partial charge in [-0.3, -0.25) is 0 Å². The van der Waals surface area contributed by atoms with Gasteiger partial charge in [0.05, 0.1) is 11.9 Å². The van der Waals surface area contributed by atoms with Crippen LogP contribution < -0.4 is 11.1 Å². The van der Waals surface area contributed by atoms with Crippen LogP contribution in [0.15, 0.2) is 42.6 Å². The number of nitrogens with two attached hydrogens (primary N) is 1. The first-order valence-electron chi connectivity index (χ1n) is 5.38. The lowest BCUT2D eigenvalue weighted by Gasteiger charge is -2.14. The topological polar surface area (TPSA) is 50.9 Å². The fourth-order valence-electron chi connectivity index (χ4n) is 1.55. The lowest BCUT2D eigenvalue weighted by Crippen LogP contribution is -2.07. The Morgan fingerprint density at radius 1 is 1.18 bits per heavy atom. The number of nitrogen functional groups attached to an aromatic ring is 1. The van der Waals surface area contributed by atoms with Crippen LogP contribution in [0, 0.1) is 5.82 Å².